The van der Waals surface area contributed by atoms with Crippen LogP contribution >= 0.6 is 0 Å². The highest BCUT2D eigenvalue weighted by Crippen LogP contribution is 2.28. The van der Waals surface area contributed by atoms with Gasteiger partial charge in [0.25, 0.3) is 0 Å². The van der Waals surface area contributed by atoms with Gasteiger partial charge < -0.3 is 5.32 Å². The van der Waals surface area contributed by atoms with Gasteiger partial charge in [-0.1, -0.05) is 10.3 Å². The van der Waals surface area contributed by atoms with E-state index in [4.69, 9.17) is 0 Å². The monoisotopic (exact) mass is 314 g/mol. The Hall–Kier alpha value is -2.45. The number of pyridine rings is 1. The van der Waals surface area contributed by atoms with Crippen LogP contribution in [0.25, 0.3) is 0 Å². The van der Waals surface area contributed by atoms with E-state index in [1.165, 1.54) is 6.07 Å². The van der Waals surface area contributed by atoms with Crippen molar-refractivity contribution < 1.29 is 22.6 Å². The lowest BCUT2D eigenvalue weighted by Gasteiger charge is -2.07. The topological polar surface area (TPSA) is 80.9 Å². The molecule has 0 atom stereocenters. The van der Waals surface area contributed by atoms with Gasteiger partial charge in [0, 0.05) is 24.9 Å². The van der Waals surface area contributed by atoms with Crippen molar-refractivity contribution in [3.05, 3.63) is 41.0 Å². The smallest absolute Gasteiger partial charge is 0.355 e. The minimum absolute atomic E-state index is 0.0375. The maximum atomic E-state index is 12.4. The summed E-state index contributed by atoms with van der Waals surface area (Å²) in [6.45, 7) is 1.94. The molecule has 0 aliphatic rings. The first-order valence-electron chi connectivity index (χ1n) is 6.43. The molecule has 1 N–H and O–H groups in total. The molecule has 22 heavy (non-hydrogen) atoms. The quantitative estimate of drug-likeness (QED) is 0.908. The minimum atomic E-state index is -4.40. The molecule has 0 spiro atoms. The first-order chi connectivity index (χ1) is 10.4. The van der Waals surface area contributed by atoms with Gasteiger partial charge in [-0.25, -0.2) is 4.63 Å². The molecule has 0 radical (unpaired) electrons. The van der Waals surface area contributed by atoms with E-state index < -0.39 is 11.7 Å². The number of rotatable bonds is 5. The maximum Gasteiger partial charge on any atom is 0.417 e. The number of carbonyl (C=O) groups is 1. The van der Waals surface area contributed by atoms with Gasteiger partial charge in [-0.2, -0.15) is 13.2 Å². The molecule has 0 bridgehead atoms. The van der Waals surface area contributed by atoms with Gasteiger partial charge >= 0.3 is 6.18 Å². The van der Waals surface area contributed by atoms with Crippen LogP contribution in [0.2, 0.25) is 0 Å². The second kappa shape index (κ2) is 6.54. The summed E-state index contributed by atoms with van der Waals surface area (Å²) < 4.78 is 41.6. The Morgan fingerprint density at radius 3 is 2.64 bits per heavy atom. The zero-order valence-corrected chi connectivity index (χ0v) is 11.6. The van der Waals surface area contributed by atoms with E-state index in [-0.39, 0.29) is 18.9 Å². The van der Waals surface area contributed by atoms with E-state index in [1.807, 2.05) is 0 Å². The molecule has 1 amide bonds. The van der Waals surface area contributed by atoms with Crippen molar-refractivity contribution in [2.75, 3.05) is 6.54 Å². The van der Waals surface area contributed by atoms with Gasteiger partial charge in [-0.05, 0) is 19.1 Å². The molecular weight excluding hydrogens is 301 g/mol. The second-order valence-electron chi connectivity index (χ2n) is 4.61. The molecule has 2 aromatic heterocycles. The Kier molecular flexibility index (Phi) is 4.74. The summed E-state index contributed by atoms with van der Waals surface area (Å²) in [7, 11) is 0. The van der Waals surface area contributed by atoms with Gasteiger partial charge in [-0.3, -0.25) is 9.78 Å². The van der Waals surface area contributed by atoms with Gasteiger partial charge in [-0.15, -0.1) is 0 Å². The fourth-order valence-corrected chi connectivity index (χ4v) is 1.69. The average molecular weight is 314 g/mol. The van der Waals surface area contributed by atoms with Crippen molar-refractivity contribution >= 4 is 5.91 Å². The van der Waals surface area contributed by atoms with Crippen LogP contribution in [0.5, 0.6) is 0 Å². The van der Waals surface area contributed by atoms with Crippen LogP contribution in [-0.2, 0) is 23.8 Å². The van der Waals surface area contributed by atoms with Crippen LogP contribution in [0.15, 0.2) is 23.0 Å². The van der Waals surface area contributed by atoms with Crippen molar-refractivity contribution in [2.24, 2.45) is 0 Å². The predicted molar refractivity (Wildman–Crippen MR) is 68.7 cm³/mol. The van der Waals surface area contributed by atoms with Crippen LogP contribution in [0, 0.1) is 6.92 Å². The number of aromatic nitrogens is 3. The van der Waals surface area contributed by atoms with E-state index in [0.717, 1.165) is 12.3 Å². The van der Waals surface area contributed by atoms with Crippen molar-refractivity contribution in [3.63, 3.8) is 0 Å². The molecule has 0 aliphatic carbocycles. The highest BCUT2D eigenvalue weighted by atomic mass is 19.4. The highest BCUT2D eigenvalue weighted by Gasteiger charge is 2.30. The van der Waals surface area contributed by atoms with E-state index in [9.17, 15) is 18.0 Å². The Balaban J connectivity index is 1.79. The number of halogens is 3. The first kappa shape index (κ1) is 15.9. The van der Waals surface area contributed by atoms with Crippen molar-refractivity contribution in [1.82, 2.24) is 20.6 Å². The predicted octanol–water partition coefficient (Wildman–Crippen LogP) is 1.69. The second-order valence-corrected chi connectivity index (χ2v) is 4.61. The Morgan fingerprint density at radius 1 is 1.32 bits per heavy atom. The van der Waals surface area contributed by atoms with Crippen molar-refractivity contribution in [2.45, 2.75) is 25.9 Å². The largest absolute Gasteiger partial charge is 0.417 e. The van der Waals surface area contributed by atoms with Crippen LogP contribution in [-0.4, -0.2) is 27.7 Å². The number of carbonyl (C=O) groups excluding carboxylic acids is 1. The zero-order valence-electron chi connectivity index (χ0n) is 11.6. The van der Waals surface area contributed by atoms with E-state index in [0.29, 0.717) is 23.5 Å². The van der Waals surface area contributed by atoms with Crippen LogP contribution in [0.1, 0.15) is 22.6 Å². The van der Waals surface area contributed by atoms with E-state index in [1.54, 1.807) is 6.92 Å². The summed E-state index contributed by atoms with van der Waals surface area (Å²) >= 11 is 0. The average Bonchev–Trinajstić information content (AvgIpc) is 2.84. The molecule has 0 saturated carbocycles. The number of aryl methyl sites for hydroxylation is 1. The first-order valence-corrected chi connectivity index (χ1v) is 6.43. The summed E-state index contributed by atoms with van der Waals surface area (Å²) in [5.74, 6) is -0.272. The van der Waals surface area contributed by atoms with Gasteiger partial charge in [0.1, 0.15) is 11.4 Å². The third-order valence-electron chi connectivity index (χ3n) is 2.93. The summed E-state index contributed by atoms with van der Waals surface area (Å²) in [6.07, 6.45) is -3.25. The molecule has 2 rings (SSSR count). The standard InChI is InChI=1S/C13H13F3N4O2/c1-8-11(20-22-19-8)6-12(21)17-5-4-10-3-2-9(7-18-10)13(14,15)16/h2-3,7H,4-6H2,1H3,(H,17,21). The number of hydrogen-bond acceptors (Lipinski definition) is 5. The third kappa shape index (κ3) is 4.27. The molecule has 9 heteroatoms. The summed E-state index contributed by atoms with van der Waals surface area (Å²) in [5.41, 5.74) is 0.659. The molecule has 6 nitrogen and oxygen atoms in total. The van der Waals surface area contributed by atoms with Crippen LogP contribution < -0.4 is 5.32 Å². The summed E-state index contributed by atoms with van der Waals surface area (Å²) in [5, 5.41) is 9.78. The minimum Gasteiger partial charge on any atom is -0.355 e. The van der Waals surface area contributed by atoms with E-state index in [2.05, 4.69) is 25.2 Å². The summed E-state index contributed by atoms with van der Waals surface area (Å²) in [4.78, 5) is 15.4. The number of amides is 1. The molecular formula is C13H13F3N4O2. The van der Waals surface area contributed by atoms with Crippen molar-refractivity contribution in [3.8, 4) is 0 Å². The molecule has 0 aliphatic heterocycles. The third-order valence-corrected chi connectivity index (χ3v) is 2.93. The number of nitrogens with zero attached hydrogens (tertiary/aromatic N) is 3. The Morgan fingerprint density at radius 2 is 2.09 bits per heavy atom. The molecule has 0 saturated heterocycles. The maximum absolute atomic E-state index is 12.4. The zero-order chi connectivity index (χ0) is 16.2. The number of nitrogens with one attached hydrogen (secondary N) is 1. The Bertz CT molecular complexity index is 637. The number of alkyl halides is 3. The molecule has 0 fully saturated rings. The molecule has 0 aromatic carbocycles. The van der Waals surface area contributed by atoms with Gasteiger partial charge in [0.2, 0.25) is 5.91 Å². The fourth-order valence-electron chi connectivity index (χ4n) is 1.69. The summed E-state index contributed by atoms with van der Waals surface area (Å²) in [6, 6.07) is 2.26. The van der Waals surface area contributed by atoms with Gasteiger partial charge in [0.15, 0.2) is 0 Å². The van der Waals surface area contributed by atoms with Gasteiger partial charge in [0.05, 0.1) is 12.0 Å². The van der Waals surface area contributed by atoms with Crippen LogP contribution in [0.4, 0.5) is 13.2 Å². The van der Waals surface area contributed by atoms with E-state index >= 15 is 0 Å². The highest BCUT2D eigenvalue weighted by molar-refractivity contribution is 5.78. The Labute approximate surface area is 123 Å². The SMILES string of the molecule is Cc1nonc1CC(=O)NCCc1ccc(C(F)(F)F)cn1. The lowest BCUT2D eigenvalue weighted by atomic mass is 10.2. The molecule has 2 heterocycles. The lowest BCUT2D eigenvalue weighted by Crippen LogP contribution is -2.27. The fraction of sp³-hybridized carbons (Fsp3) is 0.385. The normalized spacial score (nSPS) is 11.5. The molecule has 0 unspecified atom stereocenters. The molecule has 2 aromatic rings. The van der Waals surface area contributed by atoms with Crippen LogP contribution in [0.3, 0.4) is 0 Å². The number of hydrogen-bond donors (Lipinski definition) is 1. The van der Waals surface area contributed by atoms with Crippen molar-refractivity contribution in [1.29, 1.82) is 0 Å². The lowest BCUT2D eigenvalue weighted by molar-refractivity contribution is -0.137. The molecule has 118 valence electrons.